The Morgan fingerprint density at radius 3 is 2.64 bits per heavy atom. The van der Waals surface area contributed by atoms with Gasteiger partial charge in [0.05, 0.1) is 9.45 Å². The molecule has 0 aromatic heterocycles. The van der Waals surface area contributed by atoms with Crippen LogP contribution in [0.5, 0.6) is 0 Å². The fourth-order valence-electron chi connectivity index (χ4n) is 0.759. The quantitative estimate of drug-likeness (QED) is 0.462. The molecule has 3 heteroatoms. The van der Waals surface area contributed by atoms with Crippen LogP contribution < -0.4 is 0 Å². The number of Topliss-reactive ketones (excluding diaryl/α,β-unsaturated/α-hetero) is 1. The number of carbonyl (C=O) groups is 1. The SMILES string of the molecule is O=C(CI)c1ccccc1Cl. The van der Waals surface area contributed by atoms with Crippen molar-refractivity contribution >= 4 is 40.0 Å². The van der Waals surface area contributed by atoms with E-state index >= 15 is 0 Å². The smallest absolute Gasteiger partial charge is 0.174 e. The molecule has 0 amide bonds. The van der Waals surface area contributed by atoms with E-state index in [1.807, 2.05) is 34.7 Å². The highest BCUT2D eigenvalue weighted by Gasteiger charge is 2.06. The topological polar surface area (TPSA) is 17.1 Å². The Morgan fingerprint density at radius 1 is 1.45 bits per heavy atom. The molecular weight excluding hydrogens is 274 g/mol. The molecule has 0 unspecified atom stereocenters. The molecule has 1 nitrogen and oxygen atoms in total. The van der Waals surface area contributed by atoms with E-state index in [9.17, 15) is 4.79 Å². The summed E-state index contributed by atoms with van der Waals surface area (Å²) in [4.78, 5) is 11.1. The maximum atomic E-state index is 11.1. The van der Waals surface area contributed by atoms with Crippen LogP contribution in [-0.4, -0.2) is 10.2 Å². The van der Waals surface area contributed by atoms with E-state index in [4.69, 9.17) is 11.6 Å². The first-order valence-corrected chi connectivity index (χ1v) is 4.99. The summed E-state index contributed by atoms with van der Waals surface area (Å²) in [5.41, 5.74) is 0.614. The number of rotatable bonds is 2. The predicted molar refractivity (Wildman–Crippen MR) is 54.7 cm³/mol. The maximum Gasteiger partial charge on any atom is 0.174 e. The van der Waals surface area contributed by atoms with E-state index in [1.54, 1.807) is 12.1 Å². The minimum atomic E-state index is 0.0798. The van der Waals surface area contributed by atoms with Crippen molar-refractivity contribution in [2.75, 3.05) is 4.43 Å². The van der Waals surface area contributed by atoms with Crippen molar-refractivity contribution in [3.05, 3.63) is 34.9 Å². The van der Waals surface area contributed by atoms with Crippen molar-refractivity contribution in [1.29, 1.82) is 0 Å². The van der Waals surface area contributed by atoms with E-state index in [0.29, 0.717) is 15.0 Å². The van der Waals surface area contributed by atoms with Crippen LogP contribution in [-0.2, 0) is 0 Å². The molecule has 1 aromatic rings. The summed E-state index contributed by atoms with van der Waals surface area (Å²) < 4.78 is 0.474. The van der Waals surface area contributed by atoms with Gasteiger partial charge in [-0.25, -0.2) is 0 Å². The first kappa shape index (κ1) is 9.00. The van der Waals surface area contributed by atoms with E-state index in [0.717, 1.165) is 0 Å². The fraction of sp³-hybridized carbons (Fsp3) is 0.125. The highest BCUT2D eigenvalue weighted by Crippen LogP contribution is 2.15. The number of carbonyl (C=O) groups excluding carboxylic acids is 1. The second-order valence-electron chi connectivity index (χ2n) is 2.04. The van der Waals surface area contributed by atoms with Crippen LogP contribution >= 0.6 is 34.2 Å². The minimum absolute atomic E-state index is 0.0798. The molecule has 11 heavy (non-hydrogen) atoms. The van der Waals surface area contributed by atoms with E-state index in [1.165, 1.54) is 0 Å². The molecule has 0 aliphatic heterocycles. The van der Waals surface area contributed by atoms with E-state index in [-0.39, 0.29) is 5.78 Å². The van der Waals surface area contributed by atoms with Gasteiger partial charge >= 0.3 is 0 Å². The zero-order valence-electron chi connectivity index (χ0n) is 5.68. The number of hydrogen-bond acceptors (Lipinski definition) is 1. The van der Waals surface area contributed by atoms with Crippen LogP contribution in [0.2, 0.25) is 5.02 Å². The third-order valence-electron chi connectivity index (χ3n) is 1.30. The average molecular weight is 280 g/mol. The molecule has 1 rings (SSSR count). The molecular formula is C8H6ClIO. The molecule has 0 radical (unpaired) electrons. The Hall–Kier alpha value is -0.0900. The van der Waals surface area contributed by atoms with E-state index < -0.39 is 0 Å². The lowest BCUT2D eigenvalue weighted by Gasteiger charge is -1.97. The molecule has 0 fully saturated rings. The number of alkyl halides is 1. The average Bonchev–Trinajstić information content (AvgIpc) is 2.04. The van der Waals surface area contributed by atoms with Gasteiger partial charge in [-0.2, -0.15) is 0 Å². The third kappa shape index (κ3) is 2.17. The summed E-state index contributed by atoms with van der Waals surface area (Å²) in [5.74, 6) is 0.0798. The van der Waals surface area contributed by atoms with Gasteiger partial charge in [-0.1, -0.05) is 46.3 Å². The Bertz CT molecular complexity index is 273. The maximum absolute atomic E-state index is 11.1. The van der Waals surface area contributed by atoms with Crippen LogP contribution in [0.4, 0.5) is 0 Å². The summed E-state index contributed by atoms with van der Waals surface area (Å²) in [6.45, 7) is 0. The van der Waals surface area contributed by atoms with Crippen molar-refractivity contribution < 1.29 is 4.79 Å². The summed E-state index contributed by atoms with van der Waals surface area (Å²) in [5, 5.41) is 0.536. The molecule has 0 saturated carbocycles. The molecule has 0 N–H and O–H groups in total. The minimum Gasteiger partial charge on any atom is -0.293 e. The molecule has 0 atom stereocenters. The molecule has 0 spiro atoms. The van der Waals surface area contributed by atoms with E-state index in [2.05, 4.69) is 0 Å². The Labute approximate surface area is 83.9 Å². The van der Waals surface area contributed by atoms with Crippen molar-refractivity contribution in [3.63, 3.8) is 0 Å². The first-order valence-electron chi connectivity index (χ1n) is 3.09. The van der Waals surface area contributed by atoms with Crippen LogP contribution in [0.1, 0.15) is 10.4 Å². The molecule has 0 aliphatic carbocycles. The number of halogens is 2. The number of hydrogen-bond donors (Lipinski definition) is 0. The van der Waals surface area contributed by atoms with Gasteiger partial charge in [0, 0.05) is 5.56 Å². The molecule has 0 saturated heterocycles. The largest absolute Gasteiger partial charge is 0.293 e. The van der Waals surface area contributed by atoms with Crippen LogP contribution in [0.15, 0.2) is 24.3 Å². The van der Waals surface area contributed by atoms with Gasteiger partial charge in [0.2, 0.25) is 0 Å². The number of ketones is 1. The van der Waals surface area contributed by atoms with Crippen LogP contribution in [0.25, 0.3) is 0 Å². The van der Waals surface area contributed by atoms with Crippen LogP contribution in [0.3, 0.4) is 0 Å². The fourth-order valence-corrected chi connectivity index (χ4v) is 1.41. The molecule has 0 aliphatic rings. The highest BCUT2D eigenvalue weighted by atomic mass is 127. The van der Waals surface area contributed by atoms with Crippen molar-refractivity contribution in [1.82, 2.24) is 0 Å². The summed E-state index contributed by atoms with van der Waals surface area (Å²) >= 11 is 7.80. The second kappa shape index (κ2) is 4.07. The van der Waals surface area contributed by atoms with Crippen molar-refractivity contribution in [2.45, 2.75) is 0 Å². The van der Waals surface area contributed by atoms with Gasteiger partial charge in [-0.3, -0.25) is 4.79 Å². The summed E-state index contributed by atoms with van der Waals surface area (Å²) in [6, 6.07) is 7.09. The van der Waals surface area contributed by atoms with Gasteiger partial charge in [-0.15, -0.1) is 0 Å². The molecule has 58 valence electrons. The Kier molecular flexibility index (Phi) is 3.33. The van der Waals surface area contributed by atoms with Gasteiger partial charge < -0.3 is 0 Å². The zero-order valence-corrected chi connectivity index (χ0v) is 8.59. The summed E-state index contributed by atoms with van der Waals surface area (Å²) in [6.07, 6.45) is 0. The lowest BCUT2D eigenvalue weighted by Crippen LogP contribution is -1.99. The van der Waals surface area contributed by atoms with Crippen molar-refractivity contribution in [2.24, 2.45) is 0 Å². The molecule has 0 heterocycles. The second-order valence-corrected chi connectivity index (χ2v) is 3.21. The predicted octanol–water partition coefficient (Wildman–Crippen LogP) is 2.96. The monoisotopic (exact) mass is 280 g/mol. The lowest BCUT2D eigenvalue weighted by atomic mass is 10.1. The standard InChI is InChI=1S/C8H6ClIO/c9-7-4-2-1-3-6(7)8(11)5-10/h1-4H,5H2. The van der Waals surface area contributed by atoms with Gasteiger partial charge in [-0.05, 0) is 12.1 Å². The molecule has 0 bridgehead atoms. The van der Waals surface area contributed by atoms with Crippen LogP contribution in [0, 0.1) is 0 Å². The lowest BCUT2D eigenvalue weighted by molar-refractivity contribution is 0.102. The zero-order chi connectivity index (χ0) is 8.27. The summed E-state index contributed by atoms with van der Waals surface area (Å²) in [7, 11) is 0. The third-order valence-corrected chi connectivity index (χ3v) is 2.32. The van der Waals surface area contributed by atoms with Gasteiger partial charge in [0.25, 0.3) is 0 Å². The molecule has 1 aromatic carbocycles. The first-order chi connectivity index (χ1) is 5.25. The Morgan fingerprint density at radius 2 is 2.09 bits per heavy atom. The number of benzene rings is 1. The highest BCUT2D eigenvalue weighted by molar-refractivity contribution is 14.1. The normalized spacial score (nSPS) is 9.64. The Balaban J connectivity index is 3.03. The van der Waals surface area contributed by atoms with Crippen molar-refractivity contribution in [3.8, 4) is 0 Å². The van der Waals surface area contributed by atoms with Gasteiger partial charge in [0.1, 0.15) is 0 Å². The van der Waals surface area contributed by atoms with Gasteiger partial charge in [0.15, 0.2) is 5.78 Å².